The van der Waals surface area contributed by atoms with Crippen LogP contribution >= 0.6 is 11.8 Å². The molecule has 1 unspecified atom stereocenters. The number of rotatable bonds is 19. The van der Waals surface area contributed by atoms with E-state index in [2.05, 4.69) is 6.92 Å². The number of carboxylic acids is 1. The van der Waals surface area contributed by atoms with Gasteiger partial charge in [-0.3, -0.25) is 0 Å². The Morgan fingerprint density at radius 3 is 2.14 bits per heavy atom. The second-order valence-electron chi connectivity index (χ2n) is 9.54. The van der Waals surface area contributed by atoms with Gasteiger partial charge < -0.3 is 29.0 Å². The number of nitrogens with zero attached hydrogens (tertiary/aromatic N) is 1. The fraction of sp³-hybridized carbons (Fsp3) is 0.394. The molecule has 3 aromatic carbocycles. The average Bonchev–Trinajstić information content (AvgIpc) is 3.00. The number of thioether (sulfide) groups is 1. The van der Waals surface area contributed by atoms with Crippen LogP contribution < -0.4 is 14.2 Å². The molecule has 0 saturated carbocycles. The minimum Gasteiger partial charge on any atom is -0.492 e. The first-order valence-corrected chi connectivity index (χ1v) is 15.6. The molecule has 1 amide bonds. The number of para-hydroxylation sites is 1. The summed E-state index contributed by atoms with van der Waals surface area (Å²) in [5.41, 5.74) is 0.841. The summed E-state index contributed by atoms with van der Waals surface area (Å²) in [7, 11) is 0. The first-order chi connectivity index (χ1) is 20.5. The van der Waals surface area contributed by atoms with E-state index in [9.17, 15) is 14.7 Å². The first kappa shape index (κ1) is 32.8. The van der Waals surface area contributed by atoms with Crippen molar-refractivity contribution in [3.05, 3.63) is 84.4 Å². The molecule has 1 N–H and O–H groups in total. The molecular weight excluding hydrogens is 554 g/mol. The zero-order valence-electron chi connectivity index (χ0n) is 24.4. The van der Waals surface area contributed by atoms with Gasteiger partial charge in [-0.1, -0.05) is 50.1 Å². The number of carbonyl (C=O) groups is 2. The summed E-state index contributed by atoms with van der Waals surface area (Å²) in [6, 6.07) is 23.7. The maximum Gasteiger partial charge on any atom is 0.415 e. The van der Waals surface area contributed by atoms with Gasteiger partial charge in [-0.05, 0) is 73.2 Å². The van der Waals surface area contributed by atoms with E-state index in [0.717, 1.165) is 22.8 Å². The summed E-state index contributed by atoms with van der Waals surface area (Å²) in [5, 5.41) is 9.31. The predicted molar refractivity (Wildman–Crippen MR) is 166 cm³/mol. The van der Waals surface area contributed by atoms with Gasteiger partial charge in [-0.2, -0.15) is 11.8 Å². The molecular formula is C33H41NO7S. The summed E-state index contributed by atoms with van der Waals surface area (Å²) in [6.07, 6.45) is 2.51. The maximum atomic E-state index is 13.1. The fourth-order valence-corrected chi connectivity index (χ4v) is 4.98. The summed E-state index contributed by atoms with van der Waals surface area (Å²) in [6.45, 7) is 5.48. The van der Waals surface area contributed by atoms with Gasteiger partial charge in [-0.15, -0.1) is 0 Å². The lowest BCUT2D eigenvalue weighted by Crippen LogP contribution is -2.38. The van der Waals surface area contributed by atoms with Gasteiger partial charge in [0.25, 0.3) is 0 Å². The number of hydrogen-bond acceptors (Lipinski definition) is 7. The van der Waals surface area contributed by atoms with Crippen LogP contribution in [0.4, 0.5) is 4.79 Å². The van der Waals surface area contributed by atoms with Crippen molar-refractivity contribution in [3.8, 4) is 23.0 Å². The van der Waals surface area contributed by atoms with Crippen LogP contribution in [-0.2, 0) is 16.0 Å². The number of carbonyl (C=O) groups excluding carboxylic acids is 1. The Morgan fingerprint density at radius 2 is 1.48 bits per heavy atom. The minimum absolute atomic E-state index is 0.276. The Morgan fingerprint density at radius 1 is 0.810 bits per heavy atom. The highest BCUT2D eigenvalue weighted by Crippen LogP contribution is 2.24. The van der Waals surface area contributed by atoms with Crippen molar-refractivity contribution in [1.29, 1.82) is 0 Å². The molecule has 0 radical (unpaired) electrons. The monoisotopic (exact) mass is 595 g/mol. The standard InChI is InChI=1S/C33H41NO7S/c1-3-5-9-23-42-24-21-34(20-22-39-27-14-12-26(13-15-27)25-31(32(35)36)38-4-2)33(37)41-30-18-16-29(17-19-30)40-28-10-7-6-8-11-28/h6-8,10-19,31H,3-5,9,20-25H2,1-2H3,(H,35,36). The molecule has 226 valence electrons. The molecule has 0 aliphatic carbocycles. The topological polar surface area (TPSA) is 94.5 Å². The highest BCUT2D eigenvalue weighted by atomic mass is 32.2. The largest absolute Gasteiger partial charge is 0.492 e. The number of carboxylic acid groups (broad SMARTS) is 1. The van der Waals surface area contributed by atoms with E-state index in [1.807, 2.05) is 54.2 Å². The molecule has 0 saturated heterocycles. The van der Waals surface area contributed by atoms with Crippen molar-refractivity contribution in [2.75, 3.05) is 37.8 Å². The number of ether oxygens (including phenoxy) is 4. The van der Waals surface area contributed by atoms with Crippen molar-refractivity contribution in [1.82, 2.24) is 4.90 Å². The van der Waals surface area contributed by atoms with E-state index in [1.54, 1.807) is 48.2 Å². The third-order valence-corrected chi connectivity index (χ3v) is 7.33. The second kappa shape index (κ2) is 18.7. The lowest BCUT2D eigenvalue weighted by atomic mass is 10.1. The van der Waals surface area contributed by atoms with Gasteiger partial charge >= 0.3 is 12.1 Å². The van der Waals surface area contributed by atoms with E-state index in [1.165, 1.54) is 19.3 Å². The van der Waals surface area contributed by atoms with E-state index in [-0.39, 0.29) is 13.0 Å². The summed E-state index contributed by atoms with van der Waals surface area (Å²) in [4.78, 5) is 26.1. The molecule has 42 heavy (non-hydrogen) atoms. The van der Waals surface area contributed by atoms with Crippen molar-refractivity contribution in [2.24, 2.45) is 0 Å². The number of unbranched alkanes of at least 4 members (excludes halogenated alkanes) is 2. The summed E-state index contributed by atoms with van der Waals surface area (Å²) < 4.78 is 22.7. The van der Waals surface area contributed by atoms with Crippen LogP contribution in [-0.4, -0.2) is 66.0 Å². The molecule has 0 aliphatic rings. The van der Waals surface area contributed by atoms with Crippen LogP contribution in [0.1, 0.15) is 38.7 Å². The number of benzene rings is 3. The average molecular weight is 596 g/mol. The molecule has 8 nitrogen and oxygen atoms in total. The van der Waals surface area contributed by atoms with Crippen LogP contribution in [0.2, 0.25) is 0 Å². The van der Waals surface area contributed by atoms with Crippen LogP contribution in [0, 0.1) is 0 Å². The third kappa shape index (κ3) is 12.0. The van der Waals surface area contributed by atoms with Crippen molar-refractivity contribution < 1.29 is 33.6 Å². The van der Waals surface area contributed by atoms with Gasteiger partial charge in [-0.25, -0.2) is 9.59 Å². The molecule has 0 aliphatic heterocycles. The van der Waals surface area contributed by atoms with E-state index < -0.39 is 18.2 Å². The SMILES string of the molecule is CCCCCSCCN(CCOc1ccc(CC(OCC)C(=O)O)cc1)C(=O)Oc1ccc(Oc2ccccc2)cc1. The molecule has 3 rings (SSSR count). The minimum atomic E-state index is -0.982. The Hall–Kier alpha value is -3.69. The van der Waals surface area contributed by atoms with E-state index >= 15 is 0 Å². The molecule has 0 bridgehead atoms. The van der Waals surface area contributed by atoms with Gasteiger partial charge in [0, 0.05) is 25.3 Å². The van der Waals surface area contributed by atoms with Crippen LogP contribution in [0.5, 0.6) is 23.0 Å². The third-order valence-electron chi connectivity index (χ3n) is 6.28. The molecule has 0 fully saturated rings. The Labute approximate surface area is 252 Å². The molecule has 0 spiro atoms. The quantitative estimate of drug-likeness (QED) is 0.144. The van der Waals surface area contributed by atoms with Crippen molar-refractivity contribution >= 4 is 23.8 Å². The van der Waals surface area contributed by atoms with E-state index in [4.69, 9.17) is 18.9 Å². The second-order valence-corrected chi connectivity index (χ2v) is 10.8. The predicted octanol–water partition coefficient (Wildman–Crippen LogP) is 7.31. The highest BCUT2D eigenvalue weighted by Gasteiger charge is 2.18. The number of hydrogen-bond donors (Lipinski definition) is 1. The van der Waals surface area contributed by atoms with Crippen LogP contribution in [0.25, 0.3) is 0 Å². The lowest BCUT2D eigenvalue weighted by Gasteiger charge is -2.22. The Bertz CT molecular complexity index is 1190. The normalized spacial score (nSPS) is 11.5. The smallest absolute Gasteiger partial charge is 0.415 e. The van der Waals surface area contributed by atoms with Gasteiger partial charge in [0.1, 0.15) is 29.6 Å². The highest BCUT2D eigenvalue weighted by molar-refractivity contribution is 7.99. The molecule has 3 aromatic rings. The Balaban J connectivity index is 1.53. The zero-order valence-corrected chi connectivity index (χ0v) is 25.2. The van der Waals surface area contributed by atoms with Gasteiger partial charge in [0.15, 0.2) is 6.10 Å². The molecule has 0 aromatic heterocycles. The molecule has 9 heteroatoms. The molecule has 1 atom stereocenters. The fourth-order valence-electron chi connectivity index (χ4n) is 4.02. The van der Waals surface area contributed by atoms with Crippen molar-refractivity contribution in [3.63, 3.8) is 0 Å². The van der Waals surface area contributed by atoms with E-state index in [0.29, 0.717) is 36.9 Å². The van der Waals surface area contributed by atoms with Gasteiger partial charge in [0.05, 0.1) is 6.54 Å². The van der Waals surface area contributed by atoms with Crippen LogP contribution in [0.3, 0.4) is 0 Å². The maximum absolute atomic E-state index is 13.1. The molecule has 0 heterocycles. The number of aliphatic carboxylic acids is 1. The van der Waals surface area contributed by atoms with Crippen molar-refractivity contribution in [2.45, 2.75) is 45.6 Å². The summed E-state index contributed by atoms with van der Waals surface area (Å²) >= 11 is 1.83. The Kier molecular flexibility index (Phi) is 14.6. The lowest BCUT2D eigenvalue weighted by molar-refractivity contribution is -0.149. The number of amides is 1. The zero-order chi connectivity index (χ0) is 30.0. The summed E-state index contributed by atoms with van der Waals surface area (Å²) in [5.74, 6) is 3.34. The first-order valence-electron chi connectivity index (χ1n) is 14.4. The van der Waals surface area contributed by atoms with Crippen LogP contribution in [0.15, 0.2) is 78.9 Å². The van der Waals surface area contributed by atoms with Gasteiger partial charge in [0.2, 0.25) is 0 Å².